The van der Waals surface area contributed by atoms with Crippen LogP contribution >= 0.6 is 0 Å². The van der Waals surface area contributed by atoms with Crippen LogP contribution in [0.5, 0.6) is 0 Å². The molecule has 1 aliphatic heterocycles. The van der Waals surface area contributed by atoms with E-state index in [0.717, 1.165) is 6.07 Å². The van der Waals surface area contributed by atoms with Crippen molar-refractivity contribution < 1.29 is 22.7 Å². The number of piperazine rings is 1. The lowest BCUT2D eigenvalue weighted by Crippen LogP contribution is -2.54. The number of anilines is 1. The molecule has 0 aromatic heterocycles. The van der Waals surface area contributed by atoms with E-state index < -0.39 is 23.4 Å². The average Bonchev–Trinajstić information content (AvgIpc) is 2.48. The van der Waals surface area contributed by atoms with E-state index in [1.54, 1.807) is 25.8 Å². The van der Waals surface area contributed by atoms with Crippen molar-refractivity contribution in [1.29, 1.82) is 0 Å². The van der Waals surface area contributed by atoms with Gasteiger partial charge in [-0.15, -0.1) is 0 Å². The smallest absolute Gasteiger partial charge is 0.422 e. The van der Waals surface area contributed by atoms with E-state index in [1.165, 1.54) is 12.1 Å². The Morgan fingerprint density at radius 2 is 1.81 bits per heavy atom. The van der Waals surface area contributed by atoms with Crippen LogP contribution in [-0.2, 0) is 17.5 Å². The molecule has 0 atom stereocenters. The summed E-state index contributed by atoms with van der Waals surface area (Å²) in [6.45, 7) is 7.54. The standard InChI is InChI=1S/C17H25F3N4O2/c1-16(2,3)26-15(25)22-24-8-6-23(7-9-24)11-12-4-5-13(21)10-14(12)17(18,19)20/h4-5,10H,6-9,11,21H2,1-3H3,(H,22,25). The predicted octanol–water partition coefficient (Wildman–Crippen LogP) is 2.84. The second-order valence-electron chi connectivity index (χ2n) is 7.29. The Hall–Kier alpha value is -2.00. The summed E-state index contributed by atoms with van der Waals surface area (Å²) in [7, 11) is 0. The zero-order valence-corrected chi connectivity index (χ0v) is 15.2. The fourth-order valence-electron chi connectivity index (χ4n) is 2.68. The first-order valence-electron chi connectivity index (χ1n) is 8.36. The molecule has 0 saturated carbocycles. The first-order valence-corrected chi connectivity index (χ1v) is 8.36. The van der Waals surface area contributed by atoms with Crippen LogP contribution in [0.15, 0.2) is 18.2 Å². The van der Waals surface area contributed by atoms with Crippen molar-refractivity contribution in [2.24, 2.45) is 0 Å². The summed E-state index contributed by atoms with van der Waals surface area (Å²) >= 11 is 0. The van der Waals surface area contributed by atoms with E-state index in [-0.39, 0.29) is 17.8 Å². The van der Waals surface area contributed by atoms with Gasteiger partial charge < -0.3 is 10.5 Å². The number of halogens is 3. The molecule has 1 aromatic carbocycles. The number of amides is 1. The van der Waals surface area contributed by atoms with Crippen LogP contribution in [0.3, 0.4) is 0 Å². The van der Waals surface area contributed by atoms with Gasteiger partial charge >= 0.3 is 12.3 Å². The zero-order chi connectivity index (χ0) is 19.5. The molecule has 1 aliphatic rings. The number of benzene rings is 1. The van der Waals surface area contributed by atoms with Crippen molar-refractivity contribution >= 4 is 11.8 Å². The van der Waals surface area contributed by atoms with Crippen molar-refractivity contribution in [3.8, 4) is 0 Å². The van der Waals surface area contributed by atoms with Crippen LogP contribution < -0.4 is 11.2 Å². The number of hydrogen-bond donors (Lipinski definition) is 2. The Bertz CT molecular complexity index is 636. The van der Waals surface area contributed by atoms with Gasteiger partial charge in [-0.1, -0.05) is 6.07 Å². The lowest BCUT2D eigenvalue weighted by Gasteiger charge is -2.35. The summed E-state index contributed by atoms with van der Waals surface area (Å²) in [6.07, 6.45) is -4.98. The second-order valence-corrected chi connectivity index (χ2v) is 7.29. The molecular weight excluding hydrogens is 349 g/mol. The molecule has 2 rings (SSSR count). The highest BCUT2D eigenvalue weighted by molar-refractivity contribution is 5.67. The van der Waals surface area contributed by atoms with Crippen LogP contribution in [0, 0.1) is 0 Å². The third-order valence-electron chi connectivity index (χ3n) is 3.85. The van der Waals surface area contributed by atoms with E-state index >= 15 is 0 Å². The van der Waals surface area contributed by atoms with Crippen LogP contribution in [0.2, 0.25) is 0 Å². The molecule has 0 aliphatic carbocycles. The quantitative estimate of drug-likeness (QED) is 0.796. The number of carbonyl (C=O) groups excluding carboxylic acids is 1. The molecule has 6 nitrogen and oxygen atoms in total. The van der Waals surface area contributed by atoms with Gasteiger partial charge in [-0.25, -0.2) is 9.80 Å². The maximum atomic E-state index is 13.2. The molecule has 0 bridgehead atoms. The molecule has 1 amide bonds. The van der Waals surface area contributed by atoms with Crippen molar-refractivity contribution in [3.63, 3.8) is 0 Å². The Labute approximate surface area is 151 Å². The van der Waals surface area contributed by atoms with Gasteiger partial charge in [-0.05, 0) is 38.5 Å². The Morgan fingerprint density at radius 3 is 2.35 bits per heavy atom. The van der Waals surface area contributed by atoms with Gasteiger partial charge in [-0.3, -0.25) is 10.3 Å². The molecule has 26 heavy (non-hydrogen) atoms. The van der Waals surface area contributed by atoms with E-state index in [4.69, 9.17) is 10.5 Å². The van der Waals surface area contributed by atoms with E-state index in [2.05, 4.69) is 5.43 Å². The third-order valence-corrected chi connectivity index (χ3v) is 3.85. The molecule has 1 heterocycles. The summed E-state index contributed by atoms with van der Waals surface area (Å²) in [5.41, 5.74) is 7.14. The second kappa shape index (κ2) is 7.71. The number of rotatable bonds is 3. The van der Waals surface area contributed by atoms with Crippen LogP contribution in [0.4, 0.5) is 23.7 Å². The number of ether oxygens (including phenoxy) is 1. The van der Waals surface area contributed by atoms with Crippen LogP contribution in [0.1, 0.15) is 31.9 Å². The summed E-state index contributed by atoms with van der Waals surface area (Å²) in [6, 6.07) is 3.87. The van der Waals surface area contributed by atoms with E-state index in [0.29, 0.717) is 26.2 Å². The van der Waals surface area contributed by atoms with Crippen LogP contribution in [0.25, 0.3) is 0 Å². The highest BCUT2D eigenvalue weighted by Gasteiger charge is 2.34. The molecule has 0 unspecified atom stereocenters. The molecule has 1 saturated heterocycles. The third kappa shape index (κ3) is 6.06. The molecular formula is C17H25F3N4O2. The normalized spacial score (nSPS) is 17.2. The highest BCUT2D eigenvalue weighted by atomic mass is 19.4. The van der Waals surface area contributed by atoms with Crippen molar-refractivity contribution in [2.75, 3.05) is 31.9 Å². The Morgan fingerprint density at radius 1 is 1.19 bits per heavy atom. The zero-order valence-electron chi connectivity index (χ0n) is 15.2. The van der Waals surface area contributed by atoms with Gasteiger partial charge in [0.15, 0.2) is 0 Å². The predicted molar refractivity (Wildman–Crippen MR) is 92.1 cm³/mol. The average molecular weight is 374 g/mol. The van der Waals surface area contributed by atoms with Crippen molar-refractivity contribution in [1.82, 2.24) is 15.3 Å². The van der Waals surface area contributed by atoms with Gasteiger partial charge in [-0.2, -0.15) is 13.2 Å². The fourth-order valence-corrected chi connectivity index (χ4v) is 2.68. The van der Waals surface area contributed by atoms with E-state index in [9.17, 15) is 18.0 Å². The summed E-state index contributed by atoms with van der Waals surface area (Å²) in [5, 5.41) is 1.71. The number of alkyl halides is 3. The van der Waals surface area contributed by atoms with Gasteiger partial charge in [0, 0.05) is 38.4 Å². The number of nitrogens with two attached hydrogens (primary N) is 1. The fraction of sp³-hybridized carbons (Fsp3) is 0.588. The molecule has 0 spiro atoms. The molecule has 146 valence electrons. The van der Waals surface area contributed by atoms with Crippen LogP contribution in [-0.4, -0.2) is 47.8 Å². The minimum absolute atomic E-state index is 0.0902. The lowest BCUT2D eigenvalue weighted by molar-refractivity contribution is -0.138. The highest BCUT2D eigenvalue weighted by Crippen LogP contribution is 2.34. The topological polar surface area (TPSA) is 70.8 Å². The summed E-state index contributed by atoms with van der Waals surface area (Å²) in [4.78, 5) is 13.7. The van der Waals surface area contributed by atoms with Crippen molar-refractivity contribution in [3.05, 3.63) is 29.3 Å². The monoisotopic (exact) mass is 374 g/mol. The number of carbonyl (C=O) groups is 1. The van der Waals surface area contributed by atoms with Gasteiger partial charge in [0.05, 0.1) is 5.56 Å². The molecule has 0 radical (unpaired) electrons. The lowest BCUT2D eigenvalue weighted by atomic mass is 10.1. The number of nitrogens with one attached hydrogen (secondary N) is 1. The van der Waals surface area contributed by atoms with E-state index in [1.807, 2.05) is 4.90 Å². The van der Waals surface area contributed by atoms with Gasteiger partial charge in [0.2, 0.25) is 0 Å². The SMILES string of the molecule is CC(C)(C)OC(=O)NN1CCN(Cc2ccc(N)cc2C(F)(F)F)CC1. The number of nitrogens with zero attached hydrogens (tertiary/aromatic N) is 2. The maximum Gasteiger partial charge on any atom is 0.422 e. The number of nitrogen functional groups attached to an aromatic ring is 1. The maximum absolute atomic E-state index is 13.2. The summed E-state index contributed by atoms with van der Waals surface area (Å²) in [5.74, 6) is 0. The molecule has 1 fully saturated rings. The Balaban J connectivity index is 1.91. The minimum atomic E-state index is -4.44. The largest absolute Gasteiger partial charge is 0.443 e. The Kier molecular flexibility index (Phi) is 6.02. The molecule has 1 aromatic rings. The molecule has 3 N–H and O–H groups in total. The van der Waals surface area contributed by atoms with Gasteiger partial charge in [0.1, 0.15) is 5.60 Å². The first-order chi connectivity index (χ1) is 11.9. The first kappa shape index (κ1) is 20.3. The number of hydrogen-bond acceptors (Lipinski definition) is 5. The number of hydrazine groups is 1. The minimum Gasteiger partial charge on any atom is -0.443 e. The van der Waals surface area contributed by atoms with Gasteiger partial charge in [0.25, 0.3) is 0 Å². The van der Waals surface area contributed by atoms with Crippen molar-refractivity contribution in [2.45, 2.75) is 39.1 Å². The summed E-state index contributed by atoms with van der Waals surface area (Å²) < 4.78 is 44.7. The molecule has 9 heteroatoms.